The van der Waals surface area contributed by atoms with Gasteiger partial charge in [0.1, 0.15) is 0 Å². The van der Waals surface area contributed by atoms with E-state index in [9.17, 15) is 4.79 Å². The minimum atomic E-state index is 0.145. The molecule has 0 atom stereocenters. The van der Waals surface area contributed by atoms with Crippen LogP contribution in [-0.4, -0.2) is 10.8 Å². The first-order chi connectivity index (χ1) is 6.91. The molecule has 1 aromatic heterocycles. The largest absolute Gasteiger partial charge is 0.294 e. The van der Waals surface area contributed by atoms with Gasteiger partial charge in [0, 0.05) is 13.3 Å². The van der Waals surface area contributed by atoms with Crippen LogP contribution in [0.1, 0.15) is 60.9 Å². The zero-order valence-electron chi connectivity index (χ0n) is 10.1. The highest BCUT2D eigenvalue weighted by molar-refractivity contribution is 7.13. The fraction of sp³-hybridized carbons (Fsp3) is 0.667. The number of hydrogen-bond acceptors (Lipinski definition) is 3. The van der Waals surface area contributed by atoms with E-state index in [1.165, 1.54) is 0 Å². The molecule has 0 amide bonds. The summed E-state index contributed by atoms with van der Waals surface area (Å²) in [6, 6.07) is 0. The number of carbonyl (C=O) groups is 1. The number of nitrogens with zero attached hydrogens (tertiary/aromatic N) is 1. The van der Waals surface area contributed by atoms with Gasteiger partial charge in [0.2, 0.25) is 0 Å². The van der Waals surface area contributed by atoms with E-state index in [4.69, 9.17) is 0 Å². The van der Waals surface area contributed by atoms with Gasteiger partial charge in [-0.2, -0.15) is 0 Å². The second-order valence-electron chi connectivity index (χ2n) is 4.63. The highest BCUT2D eigenvalue weighted by Gasteiger charge is 2.17. The zero-order chi connectivity index (χ0) is 11.6. The topological polar surface area (TPSA) is 30.0 Å². The molecule has 0 aliphatic rings. The summed E-state index contributed by atoms with van der Waals surface area (Å²) < 4.78 is 0. The maximum absolute atomic E-state index is 11.4. The van der Waals surface area contributed by atoms with Gasteiger partial charge in [-0.15, -0.1) is 11.3 Å². The molecule has 0 bridgehead atoms. The normalized spacial score (nSPS) is 11.4. The molecule has 0 aromatic carbocycles. The number of rotatable bonds is 4. The highest BCUT2D eigenvalue weighted by atomic mass is 32.1. The Hall–Kier alpha value is -0.700. The van der Waals surface area contributed by atoms with Crippen LogP contribution in [0.3, 0.4) is 0 Å². The fourth-order valence-electron chi connectivity index (χ4n) is 1.46. The molecule has 0 unspecified atom stereocenters. The lowest BCUT2D eigenvalue weighted by atomic mass is 10.1. The predicted molar refractivity (Wildman–Crippen MR) is 64.7 cm³/mol. The molecule has 2 nitrogen and oxygen atoms in total. The van der Waals surface area contributed by atoms with Crippen LogP contribution in [0.25, 0.3) is 0 Å². The van der Waals surface area contributed by atoms with Gasteiger partial charge in [-0.25, -0.2) is 4.98 Å². The van der Waals surface area contributed by atoms with Crippen molar-refractivity contribution in [3.63, 3.8) is 0 Å². The lowest BCUT2D eigenvalue weighted by Crippen LogP contribution is -1.98. The zero-order valence-corrected chi connectivity index (χ0v) is 10.9. The monoisotopic (exact) mass is 225 g/mol. The summed E-state index contributed by atoms with van der Waals surface area (Å²) in [7, 11) is 0. The van der Waals surface area contributed by atoms with Crippen molar-refractivity contribution in [1.29, 1.82) is 0 Å². The summed E-state index contributed by atoms with van der Waals surface area (Å²) in [6.07, 6.45) is 0.970. The molecule has 1 rings (SSSR count). The second-order valence-corrected chi connectivity index (χ2v) is 5.71. The van der Waals surface area contributed by atoms with Crippen LogP contribution >= 0.6 is 11.3 Å². The fourth-order valence-corrected chi connectivity index (χ4v) is 2.78. The standard InChI is InChI=1S/C12H19NOS/c1-7(2)6-10-13-11(8(3)4)12(15-10)9(5)14/h7-8H,6H2,1-5H3. The Morgan fingerprint density at radius 2 is 1.93 bits per heavy atom. The molecule has 1 aromatic rings. The summed E-state index contributed by atoms with van der Waals surface area (Å²) in [4.78, 5) is 16.9. The van der Waals surface area contributed by atoms with Crippen LogP contribution in [0.15, 0.2) is 0 Å². The van der Waals surface area contributed by atoms with Gasteiger partial charge in [-0.1, -0.05) is 27.7 Å². The molecule has 84 valence electrons. The first kappa shape index (κ1) is 12.4. The van der Waals surface area contributed by atoms with Crippen LogP contribution in [0.5, 0.6) is 0 Å². The number of thiazole rings is 1. The van der Waals surface area contributed by atoms with E-state index in [1.807, 2.05) is 0 Å². The smallest absolute Gasteiger partial charge is 0.171 e. The summed E-state index contributed by atoms with van der Waals surface area (Å²) in [5.74, 6) is 1.07. The van der Waals surface area contributed by atoms with Crippen LogP contribution < -0.4 is 0 Å². The molecule has 0 spiro atoms. The molecule has 3 heteroatoms. The highest BCUT2D eigenvalue weighted by Crippen LogP contribution is 2.26. The van der Waals surface area contributed by atoms with Crippen molar-refractivity contribution in [2.24, 2.45) is 5.92 Å². The van der Waals surface area contributed by atoms with Crippen LogP contribution in [0.2, 0.25) is 0 Å². The first-order valence-corrected chi connectivity index (χ1v) is 6.24. The van der Waals surface area contributed by atoms with E-state index in [1.54, 1.807) is 18.3 Å². The minimum absolute atomic E-state index is 0.145. The van der Waals surface area contributed by atoms with Crippen LogP contribution in [-0.2, 0) is 6.42 Å². The Bertz CT molecular complexity index is 353. The molecule has 15 heavy (non-hydrogen) atoms. The lowest BCUT2D eigenvalue weighted by Gasteiger charge is -2.01. The van der Waals surface area contributed by atoms with Crippen LogP contribution in [0, 0.1) is 5.92 Å². The molecule has 0 saturated carbocycles. The van der Waals surface area contributed by atoms with E-state index in [2.05, 4.69) is 32.7 Å². The van der Waals surface area contributed by atoms with E-state index in [-0.39, 0.29) is 5.78 Å². The maximum atomic E-state index is 11.4. The van der Waals surface area contributed by atoms with Gasteiger partial charge in [0.15, 0.2) is 5.78 Å². The molecule has 0 N–H and O–H groups in total. The average molecular weight is 225 g/mol. The minimum Gasteiger partial charge on any atom is -0.294 e. The quantitative estimate of drug-likeness (QED) is 0.732. The van der Waals surface area contributed by atoms with Gasteiger partial charge < -0.3 is 0 Å². The summed E-state index contributed by atoms with van der Waals surface area (Å²) in [5.41, 5.74) is 0.975. The number of Topliss-reactive ketones (excluding diaryl/α,β-unsaturated/α-hetero) is 1. The third-order valence-corrected chi connectivity index (χ3v) is 3.34. The van der Waals surface area contributed by atoms with E-state index >= 15 is 0 Å². The van der Waals surface area contributed by atoms with Gasteiger partial charge >= 0.3 is 0 Å². The van der Waals surface area contributed by atoms with Gasteiger partial charge in [0.05, 0.1) is 15.6 Å². The summed E-state index contributed by atoms with van der Waals surface area (Å²) >= 11 is 1.56. The van der Waals surface area contributed by atoms with E-state index in [0.29, 0.717) is 11.8 Å². The maximum Gasteiger partial charge on any atom is 0.171 e. The number of ketones is 1. The van der Waals surface area contributed by atoms with Gasteiger partial charge in [-0.3, -0.25) is 4.79 Å². The predicted octanol–water partition coefficient (Wildman–Crippen LogP) is 3.67. The number of hydrogen-bond donors (Lipinski definition) is 0. The van der Waals surface area contributed by atoms with E-state index in [0.717, 1.165) is 22.0 Å². The van der Waals surface area contributed by atoms with Crippen molar-refractivity contribution >= 4 is 17.1 Å². The number of aromatic nitrogens is 1. The SMILES string of the molecule is CC(=O)c1sc(CC(C)C)nc1C(C)C. The van der Waals surface area contributed by atoms with Crippen molar-refractivity contribution in [2.45, 2.75) is 47.0 Å². The van der Waals surface area contributed by atoms with Gasteiger partial charge in [0.25, 0.3) is 0 Å². The molecule has 0 radical (unpaired) electrons. The lowest BCUT2D eigenvalue weighted by molar-refractivity contribution is 0.102. The average Bonchev–Trinajstić information content (AvgIpc) is 2.46. The van der Waals surface area contributed by atoms with E-state index < -0.39 is 0 Å². The number of carbonyl (C=O) groups excluding carboxylic acids is 1. The second kappa shape index (κ2) is 4.88. The Morgan fingerprint density at radius 1 is 1.33 bits per heavy atom. The Morgan fingerprint density at radius 3 is 2.27 bits per heavy atom. The first-order valence-electron chi connectivity index (χ1n) is 5.42. The Labute approximate surface area is 95.7 Å². The summed E-state index contributed by atoms with van der Waals surface area (Å²) in [5, 5.41) is 1.10. The molecule has 0 fully saturated rings. The Balaban J connectivity index is 3.04. The third kappa shape index (κ3) is 3.13. The van der Waals surface area contributed by atoms with Crippen molar-refractivity contribution in [2.75, 3.05) is 0 Å². The molecule has 0 saturated heterocycles. The molecule has 0 aliphatic carbocycles. The molecule has 0 aliphatic heterocycles. The summed E-state index contributed by atoms with van der Waals surface area (Å²) in [6.45, 7) is 10.1. The van der Waals surface area contributed by atoms with Crippen molar-refractivity contribution < 1.29 is 4.79 Å². The van der Waals surface area contributed by atoms with Crippen molar-refractivity contribution in [3.8, 4) is 0 Å². The molecular weight excluding hydrogens is 206 g/mol. The molecular formula is C12H19NOS. The van der Waals surface area contributed by atoms with Crippen molar-refractivity contribution in [3.05, 3.63) is 15.6 Å². The molecule has 1 heterocycles. The van der Waals surface area contributed by atoms with Gasteiger partial charge in [-0.05, 0) is 11.8 Å². The van der Waals surface area contributed by atoms with Crippen molar-refractivity contribution in [1.82, 2.24) is 4.98 Å². The third-order valence-electron chi connectivity index (χ3n) is 2.15. The van der Waals surface area contributed by atoms with Crippen LogP contribution in [0.4, 0.5) is 0 Å². The Kier molecular flexibility index (Phi) is 4.03.